The normalized spacial score (nSPS) is 16.6. The van der Waals surface area contributed by atoms with Crippen LogP contribution in [0.5, 0.6) is 5.75 Å². The summed E-state index contributed by atoms with van der Waals surface area (Å²) in [4.78, 5) is 18.5. The van der Waals surface area contributed by atoms with E-state index in [2.05, 4.69) is 15.2 Å². The van der Waals surface area contributed by atoms with E-state index in [0.29, 0.717) is 43.3 Å². The molecule has 1 aliphatic rings. The Morgan fingerprint density at radius 2 is 2.24 bits per heavy atom. The number of hydrogen-bond acceptors (Lipinski definition) is 5. The fourth-order valence-corrected chi connectivity index (χ4v) is 3.37. The van der Waals surface area contributed by atoms with Gasteiger partial charge in [-0.05, 0) is 36.4 Å². The highest BCUT2D eigenvalue weighted by molar-refractivity contribution is 6.30. The quantitative estimate of drug-likeness (QED) is 0.672. The minimum atomic E-state index is -0.261. The fraction of sp³-hybridized carbons (Fsp3) is 0.286. The number of amides is 1. The van der Waals surface area contributed by atoms with Crippen LogP contribution < -0.4 is 4.74 Å². The Balaban J connectivity index is 1.33. The van der Waals surface area contributed by atoms with Gasteiger partial charge in [-0.1, -0.05) is 17.7 Å². The second-order valence-electron chi connectivity index (χ2n) is 6.73. The molecule has 3 heterocycles. The van der Waals surface area contributed by atoms with Gasteiger partial charge in [-0.15, -0.1) is 0 Å². The van der Waals surface area contributed by atoms with Crippen molar-refractivity contribution in [3.8, 4) is 5.75 Å². The van der Waals surface area contributed by atoms with E-state index in [-0.39, 0.29) is 12.0 Å². The van der Waals surface area contributed by atoms with Gasteiger partial charge in [-0.2, -0.15) is 5.10 Å². The molecule has 8 heteroatoms. The van der Waals surface area contributed by atoms with Crippen molar-refractivity contribution in [1.82, 2.24) is 20.1 Å². The van der Waals surface area contributed by atoms with Crippen LogP contribution in [0.25, 0.3) is 0 Å². The summed E-state index contributed by atoms with van der Waals surface area (Å²) < 4.78 is 11.6. The first-order chi connectivity index (χ1) is 14.2. The van der Waals surface area contributed by atoms with Crippen LogP contribution in [0.2, 0.25) is 5.02 Å². The summed E-state index contributed by atoms with van der Waals surface area (Å²) in [7, 11) is 0. The predicted molar refractivity (Wildman–Crippen MR) is 108 cm³/mol. The third-order valence-corrected chi connectivity index (χ3v) is 4.91. The molecule has 0 aliphatic carbocycles. The first-order valence-electron chi connectivity index (χ1n) is 9.42. The summed E-state index contributed by atoms with van der Waals surface area (Å²) in [6.07, 6.45) is 3.65. The Bertz CT molecular complexity index is 963. The molecule has 29 heavy (non-hydrogen) atoms. The van der Waals surface area contributed by atoms with E-state index in [0.717, 1.165) is 17.1 Å². The third kappa shape index (κ3) is 4.93. The molecule has 2 aromatic heterocycles. The lowest BCUT2D eigenvalue weighted by Gasteiger charge is -2.32. The molecule has 0 saturated carbocycles. The van der Waals surface area contributed by atoms with Crippen LogP contribution in [0.3, 0.4) is 0 Å². The fourth-order valence-electron chi connectivity index (χ4n) is 3.19. The maximum absolute atomic E-state index is 12.7. The number of morpholine rings is 1. The lowest BCUT2D eigenvalue weighted by atomic mass is 10.1. The van der Waals surface area contributed by atoms with Crippen molar-refractivity contribution in [1.29, 1.82) is 0 Å². The minimum Gasteiger partial charge on any atom is -0.493 e. The predicted octanol–water partition coefficient (Wildman–Crippen LogP) is 3.29. The standard InChI is InChI=1S/C21H21ClN4O3/c22-16-4-1-5-18(11-16)28-9-6-17-12-19(25-24-17)20-14-26(8-10-29-20)21(27)15-3-2-7-23-13-15/h1-5,7,11-13,20H,6,8-10,14H2,(H,24,25)/t20-/m1/s1. The maximum atomic E-state index is 12.7. The molecule has 0 bridgehead atoms. The Kier molecular flexibility index (Phi) is 6.07. The zero-order valence-electron chi connectivity index (χ0n) is 15.8. The lowest BCUT2D eigenvalue weighted by Crippen LogP contribution is -2.42. The topological polar surface area (TPSA) is 80.3 Å². The summed E-state index contributed by atoms with van der Waals surface area (Å²) in [6, 6.07) is 12.8. The van der Waals surface area contributed by atoms with Gasteiger partial charge >= 0.3 is 0 Å². The van der Waals surface area contributed by atoms with Crippen molar-refractivity contribution in [2.75, 3.05) is 26.3 Å². The van der Waals surface area contributed by atoms with Gasteiger partial charge in [-0.25, -0.2) is 0 Å². The van der Waals surface area contributed by atoms with E-state index in [1.54, 1.807) is 35.5 Å². The molecule has 1 aromatic carbocycles. The van der Waals surface area contributed by atoms with Gasteiger partial charge in [-0.3, -0.25) is 14.9 Å². The summed E-state index contributed by atoms with van der Waals surface area (Å²) in [5, 5.41) is 8.04. The highest BCUT2D eigenvalue weighted by Crippen LogP contribution is 2.23. The SMILES string of the molecule is O=C(c1cccnc1)N1CCO[C@@H](c2cc(CCOc3cccc(Cl)c3)[nH]n2)C1. The lowest BCUT2D eigenvalue weighted by molar-refractivity contribution is -0.0247. The first-order valence-corrected chi connectivity index (χ1v) is 9.80. The van der Waals surface area contributed by atoms with Gasteiger partial charge in [0.15, 0.2) is 0 Å². The van der Waals surface area contributed by atoms with Crippen molar-refractivity contribution >= 4 is 17.5 Å². The zero-order valence-corrected chi connectivity index (χ0v) is 16.5. The number of nitrogens with one attached hydrogen (secondary N) is 1. The van der Waals surface area contributed by atoms with E-state index in [1.165, 1.54) is 0 Å². The molecule has 0 unspecified atom stereocenters. The maximum Gasteiger partial charge on any atom is 0.255 e. The van der Waals surface area contributed by atoms with Gasteiger partial charge < -0.3 is 14.4 Å². The molecule has 7 nitrogen and oxygen atoms in total. The minimum absolute atomic E-state index is 0.0444. The van der Waals surface area contributed by atoms with Crippen molar-refractivity contribution in [2.24, 2.45) is 0 Å². The van der Waals surface area contributed by atoms with E-state index in [1.807, 2.05) is 24.3 Å². The van der Waals surface area contributed by atoms with Crippen LogP contribution in [0, 0.1) is 0 Å². The number of hydrogen-bond donors (Lipinski definition) is 1. The number of halogens is 1. The average molecular weight is 413 g/mol. The molecular weight excluding hydrogens is 392 g/mol. The Morgan fingerprint density at radius 1 is 1.31 bits per heavy atom. The first kappa shape index (κ1) is 19.4. The largest absolute Gasteiger partial charge is 0.493 e. The van der Waals surface area contributed by atoms with Crippen LogP contribution in [-0.2, 0) is 11.2 Å². The van der Waals surface area contributed by atoms with Crippen LogP contribution in [0.15, 0.2) is 54.9 Å². The average Bonchev–Trinajstić information content (AvgIpc) is 3.23. The Hall–Kier alpha value is -2.90. The monoisotopic (exact) mass is 412 g/mol. The molecule has 0 spiro atoms. The summed E-state index contributed by atoms with van der Waals surface area (Å²) >= 11 is 5.96. The second kappa shape index (κ2) is 9.07. The van der Waals surface area contributed by atoms with Crippen molar-refractivity contribution in [3.05, 3.63) is 76.8 Å². The Labute approximate surface area is 173 Å². The van der Waals surface area contributed by atoms with Crippen LogP contribution in [-0.4, -0.2) is 52.3 Å². The molecule has 1 fully saturated rings. The second-order valence-corrected chi connectivity index (χ2v) is 7.16. The molecule has 4 rings (SSSR count). The van der Waals surface area contributed by atoms with E-state index >= 15 is 0 Å². The number of H-pyrrole nitrogens is 1. The number of aromatic nitrogens is 3. The highest BCUT2D eigenvalue weighted by Gasteiger charge is 2.27. The van der Waals surface area contributed by atoms with Gasteiger partial charge in [0.25, 0.3) is 5.91 Å². The smallest absolute Gasteiger partial charge is 0.255 e. The summed E-state index contributed by atoms with van der Waals surface area (Å²) in [5.74, 6) is 0.689. The van der Waals surface area contributed by atoms with E-state index < -0.39 is 0 Å². The van der Waals surface area contributed by atoms with Gasteiger partial charge in [0.1, 0.15) is 11.9 Å². The molecule has 1 atom stereocenters. The molecule has 1 aliphatic heterocycles. The van der Waals surface area contributed by atoms with Crippen molar-refractivity contribution in [2.45, 2.75) is 12.5 Å². The van der Waals surface area contributed by atoms with Crippen LogP contribution in [0.4, 0.5) is 0 Å². The molecule has 1 N–H and O–H groups in total. The number of carbonyl (C=O) groups excluding carboxylic acids is 1. The number of ether oxygens (including phenoxy) is 2. The number of nitrogens with zero attached hydrogens (tertiary/aromatic N) is 3. The summed E-state index contributed by atoms with van der Waals surface area (Å²) in [6.45, 7) is 1.97. The van der Waals surface area contributed by atoms with Gasteiger partial charge in [0.2, 0.25) is 0 Å². The van der Waals surface area contributed by atoms with Crippen molar-refractivity contribution in [3.63, 3.8) is 0 Å². The molecule has 1 saturated heterocycles. The number of rotatable bonds is 6. The third-order valence-electron chi connectivity index (χ3n) is 4.68. The van der Waals surface area contributed by atoms with E-state index in [4.69, 9.17) is 21.1 Å². The highest BCUT2D eigenvalue weighted by atomic mass is 35.5. The number of benzene rings is 1. The Morgan fingerprint density at radius 3 is 3.07 bits per heavy atom. The molecular formula is C21H21ClN4O3. The number of carbonyl (C=O) groups is 1. The van der Waals surface area contributed by atoms with Gasteiger partial charge in [0.05, 0.1) is 31.0 Å². The van der Waals surface area contributed by atoms with Crippen LogP contribution in [0.1, 0.15) is 27.8 Å². The molecule has 3 aromatic rings. The summed E-state index contributed by atoms with van der Waals surface area (Å²) in [5.41, 5.74) is 2.31. The molecule has 1 amide bonds. The number of pyridine rings is 1. The van der Waals surface area contributed by atoms with Crippen LogP contribution >= 0.6 is 11.6 Å². The van der Waals surface area contributed by atoms with Gasteiger partial charge in [0, 0.05) is 36.1 Å². The molecule has 0 radical (unpaired) electrons. The number of aromatic amines is 1. The van der Waals surface area contributed by atoms with Crippen molar-refractivity contribution < 1.29 is 14.3 Å². The zero-order chi connectivity index (χ0) is 20.1. The van der Waals surface area contributed by atoms with E-state index in [9.17, 15) is 4.79 Å². The molecule has 150 valence electrons.